The number of aromatic hydroxyl groups is 1. The number of hydrogen-bond donors (Lipinski definition) is 2. The highest BCUT2D eigenvalue weighted by molar-refractivity contribution is 7.08. The van der Waals surface area contributed by atoms with Crippen LogP contribution < -0.4 is 10.5 Å². The minimum absolute atomic E-state index is 0. The van der Waals surface area contributed by atoms with E-state index < -0.39 is 0 Å². The van der Waals surface area contributed by atoms with E-state index in [1.165, 1.54) is 0 Å². The van der Waals surface area contributed by atoms with E-state index in [9.17, 15) is 5.11 Å². The molecule has 0 saturated heterocycles. The summed E-state index contributed by atoms with van der Waals surface area (Å²) in [6.45, 7) is 5.95. The Morgan fingerprint density at radius 2 is 1.95 bits per heavy atom. The number of hydrogen-bond acceptors (Lipinski definition) is 4. The number of rotatable bonds is 3. The first-order chi connectivity index (χ1) is 8.87. The second-order valence-electron chi connectivity index (χ2n) is 5.47. The van der Waals surface area contributed by atoms with E-state index in [0.29, 0.717) is 11.3 Å². The zero-order chi connectivity index (χ0) is 14.0. The Balaban J connectivity index is 0.00000200. The van der Waals surface area contributed by atoms with Crippen LogP contribution in [0.25, 0.3) is 0 Å². The molecule has 0 saturated carbocycles. The zero-order valence-electron chi connectivity index (χ0n) is 11.8. The number of thiophene rings is 1. The summed E-state index contributed by atoms with van der Waals surface area (Å²) in [5.41, 5.74) is 7.58. The van der Waals surface area contributed by atoms with Crippen LogP contribution in [-0.4, -0.2) is 10.7 Å². The van der Waals surface area contributed by atoms with E-state index in [0.717, 1.165) is 5.56 Å². The molecular weight excluding hydrogens is 294 g/mol. The molecule has 110 valence electrons. The second kappa shape index (κ2) is 6.48. The third kappa shape index (κ3) is 4.13. The van der Waals surface area contributed by atoms with Gasteiger partial charge in [-0.05, 0) is 61.4 Å². The smallest absolute Gasteiger partial charge is 0.120 e. The Kier molecular flexibility index (Phi) is 5.45. The molecule has 0 amide bonds. The normalized spacial score (nSPS) is 12.6. The molecule has 0 aliphatic carbocycles. The molecule has 0 radical (unpaired) electrons. The van der Waals surface area contributed by atoms with E-state index in [1.807, 2.05) is 43.7 Å². The summed E-state index contributed by atoms with van der Waals surface area (Å²) in [5, 5.41) is 13.9. The summed E-state index contributed by atoms with van der Waals surface area (Å²) in [4.78, 5) is 0. The van der Waals surface area contributed by atoms with Crippen LogP contribution in [0.15, 0.2) is 35.0 Å². The molecule has 0 spiro atoms. The molecule has 0 fully saturated rings. The first-order valence-electron chi connectivity index (χ1n) is 6.16. The van der Waals surface area contributed by atoms with Crippen molar-refractivity contribution in [3.05, 3.63) is 46.2 Å². The fourth-order valence-electron chi connectivity index (χ4n) is 1.83. The van der Waals surface area contributed by atoms with Gasteiger partial charge in [0.15, 0.2) is 0 Å². The van der Waals surface area contributed by atoms with Gasteiger partial charge in [-0.1, -0.05) is 0 Å². The summed E-state index contributed by atoms with van der Waals surface area (Å²) >= 11 is 1.59. The number of nitrogens with two attached hydrogens (primary N) is 1. The van der Waals surface area contributed by atoms with Crippen molar-refractivity contribution in [3.8, 4) is 11.5 Å². The molecule has 3 N–H and O–H groups in total. The van der Waals surface area contributed by atoms with Crippen molar-refractivity contribution in [2.24, 2.45) is 5.73 Å². The molecule has 1 heterocycles. The third-order valence-electron chi connectivity index (χ3n) is 2.66. The number of halogens is 1. The van der Waals surface area contributed by atoms with Crippen molar-refractivity contribution in [2.75, 3.05) is 0 Å². The SMILES string of the molecule is CC(C)(C)Oc1ccc(O)c([C@@H](N)c2ccsc2)c1.Cl. The summed E-state index contributed by atoms with van der Waals surface area (Å²) in [6, 6.07) is 6.82. The zero-order valence-corrected chi connectivity index (χ0v) is 13.4. The van der Waals surface area contributed by atoms with E-state index >= 15 is 0 Å². The van der Waals surface area contributed by atoms with Crippen molar-refractivity contribution < 1.29 is 9.84 Å². The summed E-state index contributed by atoms with van der Waals surface area (Å²) in [6.07, 6.45) is 0. The van der Waals surface area contributed by atoms with Gasteiger partial charge in [-0.15, -0.1) is 12.4 Å². The highest BCUT2D eigenvalue weighted by Gasteiger charge is 2.17. The van der Waals surface area contributed by atoms with Crippen LogP contribution in [0.1, 0.15) is 37.9 Å². The van der Waals surface area contributed by atoms with Crippen molar-refractivity contribution in [3.63, 3.8) is 0 Å². The standard InChI is InChI=1S/C15H19NO2S.ClH/c1-15(2,3)18-11-4-5-13(17)12(8-11)14(16)10-6-7-19-9-10;/h4-9,14,17H,16H2,1-3H3;1H/t14-;/m0./s1. The predicted molar refractivity (Wildman–Crippen MR) is 86.1 cm³/mol. The van der Waals surface area contributed by atoms with Crippen LogP contribution >= 0.6 is 23.7 Å². The van der Waals surface area contributed by atoms with Gasteiger partial charge in [0.05, 0.1) is 6.04 Å². The highest BCUT2D eigenvalue weighted by Crippen LogP contribution is 2.32. The molecule has 3 nitrogen and oxygen atoms in total. The fraction of sp³-hybridized carbons (Fsp3) is 0.333. The van der Waals surface area contributed by atoms with Gasteiger partial charge in [0.2, 0.25) is 0 Å². The summed E-state index contributed by atoms with van der Waals surface area (Å²) in [5.74, 6) is 0.908. The van der Waals surface area contributed by atoms with Crippen LogP contribution in [0.5, 0.6) is 11.5 Å². The molecule has 5 heteroatoms. The molecule has 2 rings (SSSR count). The second-order valence-corrected chi connectivity index (χ2v) is 6.25. The average Bonchev–Trinajstić information content (AvgIpc) is 2.82. The quantitative estimate of drug-likeness (QED) is 0.897. The molecule has 1 aromatic heterocycles. The lowest BCUT2D eigenvalue weighted by atomic mass is 10.0. The number of phenolic OH excluding ortho intramolecular Hbond substituents is 1. The fourth-order valence-corrected chi connectivity index (χ4v) is 2.53. The lowest BCUT2D eigenvalue weighted by Gasteiger charge is -2.22. The lowest BCUT2D eigenvalue weighted by molar-refractivity contribution is 0.130. The molecule has 2 aromatic rings. The van der Waals surface area contributed by atoms with Gasteiger partial charge in [0.1, 0.15) is 17.1 Å². The maximum atomic E-state index is 9.97. The average molecular weight is 314 g/mol. The van der Waals surface area contributed by atoms with Crippen molar-refractivity contribution in [1.29, 1.82) is 0 Å². The Morgan fingerprint density at radius 1 is 1.25 bits per heavy atom. The van der Waals surface area contributed by atoms with Crippen molar-refractivity contribution in [2.45, 2.75) is 32.4 Å². The molecule has 0 bridgehead atoms. The Labute approximate surface area is 129 Å². The van der Waals surface area contributed by atoms with Gasteiger partial charge in [-0.2, -0.15) is 11.3 Å². The van der Waals surface area contributed by atoms with E-state index in [1.54, 1.807) is 23.5 Å². The molecule has 0 unspecified atom stereocenters. The van der Waals surface area contributed by atoms with Gasteiger partial charge < -0.3 is 15.6 Å². The molecule has 0 aliphatic rings. The van der Waals surface area contributed by atoms with E-state index in [4.69, 9.17) is 10.5 Å². The highest BCUT2D eigenvalue weighted by atomic mass is 35.5. The third-order valence-corrected chi connectivity index (χ3v) is 3.36. The van der Waals surface area contributed by atoms with Crippen molar-refractivity contribution >= 4 is 23.7 Å². The first-order valence-corrected chi connectivity index (χ1v) is 7.11. The molecule has 1 atom stereocenters. The summed E-state index contributed by atoms with van der Waals surface area (Å²) in [7, 11) is 0. The van der Waals surface area contributed by atoms with Gasteiger partial charge in [0.25, 0.3) is 0 Å². The van der Waals surface area contributed by atoms with Gasteiger partial charge >= 0.3 is 0 Å². The molecule has 0 aliphatic heterocycles. The monoisotopic (exact) mass is 313 g/mol. The Bertz CT molecular complexity index is 549. The van der Waals surface area contributed by atoms with Gasteiger partial charge in [-0.25, -0.2) is 0 Å². The van der Waals surface area contributed by atoms with Crippen LogP contribution in [0.2, 0.25) is 0 Å². The number of phenols is 1. The molecule has 1 aromatic carbocycles. The van der Waals surface area contributed by atoms with Gasteiger partial charge in [0, 0.05) is 5.56 Å². The molecule has 20 heavy (non-hydrogen) atoms. The van der Waals surface area contributed by atoms with Crippen LogP contribution in [-0.2, 0) is 0 Å². The topological polar surface area (TPSA) is 55.5 Å². The largest absolute Gasteiger partial charge is 0.508 e. The van der Waals surface area contributed by atoms with Crippen molar-refractivity contribution in [1.82, 2.24) is 0 Å². The minimum atomic E-state index is -0.338. The lowest BCUT2D eigenvalue weighted by Crippen LogP contribution is -2.23. The molecular formula is C15H20ClNO2S. The Hall–Kier alpha value is -1.23. The van der Waals surface area contributed by atoms with E-state index in [2.05, 4.69) is 0 Å². The minimum Gasteiger partial charge on any atom is -0.508 e. The van der Waals surface area contributed by atoms with Gasteiger partial charge in [-0.3, -0.25) is 0 Å². The predicted octanol–water partition coefficient (Wildman–Crippen LogP) is 4.10. The maximum absolute atomic E-state index is 9.97. The Morgan fingerprint density at radius 3 is 2.50 bits per heavy atom. The van der Waals surface area contributed by atoms with E-state index in [-0.39, 0.29) is 29.8 Å². The summed E-state index contributed by atoms with van der Waals surface area (Å²) < 4.78 is 5.80. The van der Waals surface area contributed by atoms with Crippen LogP contribution in [0.4, 0.5) is 0 Å². The number of benzene rings is 1. The van der Waals surface area contributed by atoms with Crippen LogP contribution in [0.3, 0.4) is 0 Å². The number of ether oxygens (including phenoxy) is 1. The van der Waals surface area contributed by atoms with Crippen LogP contribution in [0, 0.1) is 0 Å². The first kappa shape index (κ1) is 16.8. The maximum Gasteiger partial charge on any atom is 0.120 e.